The number of amides is 1. The van der Waals surface area contributed by atoms with Gasteiger partial charge in [-0.15, -0.1) is 0 Å². The van der Waals surface area contributed by atoms with Crippen molar-refractivity contribution in [2.75, 3.05) is 13.1 Å². The van der Waals surface area contributed by atoms with E-state index in [4.69, 9.17) is 4.74 Å². The van der Waals surface area contributed by atoms with Crippen LogP contribution in [0.5, 0.6) is 5.88 Å². The van der Waals surface area contributed by atoms with Gasteiger partial charge in [0, 0.05) is 25.1 Å². The Balaban J connectivity index is 1.25. The molecular weight excluding hydrogens is 385 g/mol. The fourth-order valence-corrected chi connectivity index (χ4v) is 5.11. The molecule has 1 amide bonds. The molecule has 0 aromatic carbocycles. The molecule has 29 heavy (non-hydrogen) atoms. The van der Waals surface area contributed by atoms with E-state index in [1.807, 2.05) is 4.90 Å². The van der Waals surface area contributed by atoms with Gasteiger partial charge in [0.1, 0.15) is 6.10 Å². The Morgan fingerprint density at radius 1 is 1.21 bits per heavy atom. The Morgan fingerprint density at radius 2 is 1.83 bits per heavy atom. The van der Waals surface area contributed by atoms with E-state index in [-0.39, 0.29) is 34.9 Å². The second-order valence-corrected chi connectivity index (χ2v) is 9.36. The molecule has 1 aromatic rings. The maximum atomic E-state index is 12.8. The molecule has 4 rings (SSSR count). The molecule has 8 heteroatoms. The van der Waals surface area contributed by atoms with Crippen molar-refractivity contribution in [3.63, 3.8) is 0 Å². The zero-order valence-corrected chi connectivity index (χ0v) is 16.8. The van der Waals surface area contributed by atoms with Crippen molar-refractivity contribution in [1.82, 2.24) is 9.88 Å². The van der Waals surface area contributed by atoms with Crippen LogP contribution in [0.4, 0.5) is 13.2 Å². The molecule has 1 spiro atoms. The normalized spacial score (nSPS) is 29.3. The smallest absolute Gasteiger partial charge is 0.418 e. The summed E-state index contributed by atoms with van der Waals surface area (Å²) in [6.07, 6.45) is 0.164. The third kappa shape index (κ3) is 4.09. The highest BCUT2D eigenvalue weighted by atomic mass is 19.4. The molecule has 3 aliphatic rings. The number of alkyl halides is 3. The van der Waals surface area contributed by atoms with Crippen LogP contribution < -0.4 is 4.74 Å². The molecule has 1 N–H and O–H groups in total. The number of aliphatic hydroxyl groups is 1. The molecule has 1 aromatic heterocycles. The van der Waals surface area contributed by atoms with E-state index >= 15 is 0 Å². The number of rotatable bonds is 3. The van der Waals surface area contributed by atoms with E-state index in [1.54, 1.807) is 6.92 Å². The highest BCUT2D eigenvalue weighted by molar-refractivity contribution is 5.80. The molecular formula is C21H27F3N2O3. The topological polar surface area (TPSA) is 62.7 Å². The summed E-state index contributed by atoms with van der Waals surface area (Å²) in [5.74, 6) is 0.341. The number of halogens is 3. The van der Waals surface area contributed by atoms with Gasteiger partial charge in [-0.1, -0.05) is 0 Å². The predicted octanol–water partition coefficient (Wildman–Crippen LogP) is 3.72. The van der Waals surface area contributed by atoms with Gasteiger partial charge in [0.2, 0.25) is 11.8 Å². The third-order valence-electron chi connectivity index (χ3n) is 6.83. The van der Waals surface area contributed by atoms with Crippen molar-refractivity contribution in [1.29, 1.82) is 0 Å². The third-order valence-corrected chi connectivity index (χ3v) is 6.83. The minimum Gasteiger partial charge on any atom is -0.474 e. The molecule has 3 fully saturated rings. The summed E-state index contributed by atoms with van der Waals surface area (Å²) in [7, 11) is 0. The van der Waals surface area contributed by atoms with Crippen molar-refractivity contribution in [2.45, 2.75) is 70.3 Å². The van der Waals surface area contributed by atoms with Crippen LogP contribution in [-0.2, 0) is 11.0 Å². The minimum atomic E-state index is -4.41. The summed E-state index contributed by atoms with van der Waals surface area (Å²) in [5, 5.41) is 9.84. The number of hydrogen-bond acceptors (Lipinski definition) is 4. The van der Waals surface area contributed by atoms with E-state index in [9.17, 15) is 23.1 Å². The predicted molar refractivity (Wildman–Crippen MR) is 99.2 cm³/mol. The number of nitrogens with zero attached hydrogens (tertiary/aromatic N) is 2. The van der Waals surface area contributed by atoms with Crippen molar-refractivity contribution in [2.24, 2.45) is 11.3 Å². The van der Waals surface area contributed by atoms with E-state index in [2.05, 4.69) is 4.98 Å². The second-order valence-electron chi connectivity index (χ2n) is 9.36. The number of pyridine rings is 1. The molecule has 5 nitrogen and oxygen atoms in total. The molecule has 2 heterocycles. The minimum absolute atomic E-state index is 0.0392. The summed E-state index contributed by atoms with van der Waals surface area (Å²) >= 11 is 0. The van der Waals surface area contributed by atoms with Gasteiger partial charge >= 0.3 is 6.18 Å². The number of ether oxygens (including phenoxy) is 1. The SMILES string of the molecule is Cc1nc(OC2CC3(CCN(C(=O)[C@H]4C[C@@](C)(O)C4)CC3)C2)ccc1C(F)(F)F. The molecule has 0 bridgehead atoms. The van der Waals surface area contributed by atoms with Crippen LogP contribution in [0.1, 0.15) is 56.7 Å². The zero-order chi connectivity index (χ0) is 21.0. The number of carbonyl (C=O) groups is 1. The molecule has 2 aliphatic carbocycles. The van der Waals surface area contributed by atoms with Crippen LogP contribution in [0.25, 0.3) is 0 Å². The largest absolute Gasteiger partial charge is 0.474 e. The van der Waals surface area contributed by atoms with Gasteiger partial charge in [-0.25, -0.2) is 4.98 Å². The lowest BCUT2D eigenvalue weighted by molar-refractivity contribution is -0.154. The van der Waals surface area contributed by atoms with E-state index in [0.717, 1.165) is 44.8 Å². The van der Waals surface area contributed by atoms with Gasteiger partial charge < -0.3 is 14.7 Å². The first-order chi connectivity index (χ1) is 13.5. The zero-order valence-electron chi connectivity index (χ0n) is 16.8. The van der Waals surface area contributed by atoms with Gasteiger partial charge in [-0.2, -0.15) is 13.2 Å². The van der Waals surface area contributed by atoms with Gasteiger partial charge in [0.15, 0.2) is 0 Å². The quantitative estimate of drug-likeness (QED) is 0.822. The monoisotopic (exact) mass is 412 g/mol. The van der Waals surface area contributed by atoms with Crippen LogP contribution in [0.3, 0.4) is 0 Å². The van der Waals surface area contributed by atoms with Crippen molar-refractivity contribution >= 4 is 5.91 Å². The van der Waals surface area contributed by atoms with Crippen LogP contribution >= 0.6 is 0 Å². The number of piperidine rings is 1. The lowest BCUT2D eigenvalue weighted by Gasteiger charge is -2.52. The second kappa shape index (κ2) is 6.86. The summed E-state index contributed by atoms with van der Waals surface area (Å²) in [6, 6.07) is 2.31. The number of carbonyl (C=O) groups excluding carboxylic acids is 1. The van der Waals surface area contributed by atoms with Crippen molar-refractivity contribution in [3.8, 4) is 5.88 Å². The summed E-state index contributed by atoms with van der Waals surface area (Å²) in [5.41, 5.74) is -1.35. The number of aromatic nitrogens is 1. The average molecular weight is 412 g/mol. The van der Waals surface area contributed by atoms with Gasteiger partial charge in [-0.3, -0.25) is 4.79 Å². The first kappa shape index (κ1) is 20.4. The molecule has 0 unspecified atom stereocenters. The van der Waals surface area contributed by atoms with Crippen LogP contribution in [0.15, 0.2) is 12.1 Å². The van der Waals surface area contributed by atoms with E-state index in [1.165, 1.54) is 13.0 Å². The Bertz CT molecular complexity index is 785. The molecule has 2 saturated carbocycles. The average Bonchev–Trinajstić information content (AvgIpc) is 2.57. The number of hydrogen-bond donors (Lipinski definition) is 1. The van der Waals surface area contributed by atoms with Gasteiger partial charge in [0.05, 0.1) is 16.9 Å². The van der Waals surface area contributed by atoms with Gasteiger partial charge in [0.25, 0.3) is 0 Å². The van der Waals surface area contributed by atoms with Crippen LogP contribution in [-0.4, -0.2) is 45.7 Å². The van der Waals surface area contributed by atoms with E-state index in [0.29, 0.717) is 12.8 Å². The molecule has 0 radical (unpaired) electrons. The first-order valence-electron chi connectivity index (χ1n) is 10.2. The standard InChI is InChI=1S/C21H27F3N2O3/c1-13-16(21(22,23)24)3-4-17(25-13)29-15-11-20(12-15)5-7-26(8-6-20)18(27)14-9-19(2,28)10-14/h3-4,14-15,28H,5-12H2,1-2H3/t14-,19+. The fraction of sp³-hybridized carbons (Fsp3) is 0.714. The maximum absolute atomic E-state index is 12.8. The Hall–Kier alpha value is -1.83. The van der Waals surface area contributed by atoms with Crippen molar-refractivity contribution in [3.05, 3.63) is 23.4 Å². The van der Waals surface area contributed by atoms with E-state index < -0.39 is 17.3 Å². The first-order valence-corrected chi connectivity index (χ1v) is 10.2. The highest BCUT2D eigenvalue weighted by Crippen LogP contribution is 2.51. The Labute approximate surface area is 168 Å². The highest BCUT2D eigenvalue weighted by Gasteiger charge is 2.50. The maximum Gasteiger partial charge on any atom is 0.418 e. The van der Waals surface area contributed by atoms with Crippen LogP contribution in [0.2, 0.25) is 0 Å². The van der Waals surface area contributed by atoms with Crippen LogP contribution in [0, 0.1) is 18.3 Å². The molecule has 0 atom stereocenters. The Morgan fingerprint density at radius 3 is 2.34 bits per heavy atom. The molecule has 160 valence electrons. The number of likely N-dealkylation sites (tertiary alicyclic amines) is 1. The summed E-state index contributed by atoms with van der Waals surface area (Å²) < 4.78 is 44.3. The van der Waals surface area contributed by atoms with Crippen molar-refractivity contribution < 1.29 is 27.8 Å². The van der Waals surface area contributed by atoms with Gasteiger partial charge in [-0.05, 0) is 63.9 Å². The molecule has 1 aliphatic heterocycles. The lowest BCUT2D eigenvalue weighted by Crippen LogP contribution is -2.55. The Kier molecular flexibility index (Phi) is 4.83. The summed E-state index contributed by atoms with van der Waals surface area (Å²) in [4.78, 5) is 18.4. The molecule has 1 saturated heterocycles. The fourth-order valence-electron chi connectivity index (χ4n) is 5.11. The number of aryl methyl sites for hydroxylation is 1. The lowest BCUT2D eigenvalue weighted by atomic mass is 9.61. The summed E-state index contributed by atoms with van der Waals surface area (Å²) in [6.45, 7) is 4.55.